The monoisotopic (exact) mass is 336 g/mol. The molecule has 4 aromatic rings. The van der Waals surface area contributed by atoms with Crippen molar-refractivity contribution >= 4 is 0 Å². The van der Waals surface area contributed by atoms with Gasteiger partial charge in [0.15, 0.2) is 5.82 Å². The van der Waals surface area contributed by atoms with Crippen LogP contribution >= 0.6 is 0 Å². The smallest absolute Gasteiger partial charge is 0.250 e. The third-order valence-electron chi connectivity index (χ3n) is 3.53. The number of tetrazole rings is 1. The Kier molecular flexibility index (Phi) is 3.99. The lowest BCUT2D eigenvalue weighted by Gasteiger charge is -1.94. The molecule has 0 fully saturated rings. The lowest BCUT2D eigenvalue weighted by molar-refractivity contribution is 0.353. The van der Waals surface area contributed by atoms with Gasteiger partial charge in [0.2, 0.25) is 11.7 Å². The Bertz CT molecular complexity index is 981. The van der Waals surface area contributed by atoms with Crippen molar-refractivity contribution in [1.29, 1.82) is 0 Å². The molecular weight excluding hydrogens is 323 g/mol. The summed E-state index contributed by atoms with van der Waals surface area (Å²) >= 11 is 0. The van der Waals surface area contributed by atoms with Crippen LogP contribution in [0, 0.1) is 5.82 Å². The Hall–Kier alpha value is -3.42. The van der Waals surface area contributed by atoms with E-state index in [9.17, 15) is 4.39 Å². The van der Waals surface area contributed by atoms with Crippen LogP contribution in [0.25, 0.3) is 11.4 Å². The molecule has 0 unspecified atom stereocenters. The quantitative estimate of drug-likeness (QED) is 0.557. The number of hydrogen-bond donors (Lipinski definition) is 0. The molecule has 4 rings (SSSR count). The molecule has 8 heteroatoms. The van der Waals surface area contributed by atoms with Crippen LogP contribution in [0.2, 0.25) is 0 Å². The number of nitrogens with zero attached hydrogens (tertiary/aromatic N) is 6. The van der Waals surface area contributed by atoms with Crippen LogP contribution in [0.3, 0.4) is 0 Å². The summed E-state index contributed by atoms with van der Waals surface area (Å²) in [5, 5.41) is 16.0. The van der Waals surface area contributed by atoms with Crippen LogP contribution in [0.15, 0.2) is 59.1 Å². The maximum Gasteiger partial charge on any atom is 0.250 e. The summed E-state index contributed by atoms with van der Waals surface area (Å²) < 4.78 is 18.5. The maximum absolute atomic E-state index is 13.3. The number of rotatable bonds is 5. The predicted molar refractivity (Wildman–Crippen MR) is 85.9 cm³/mol. The van der Waals surface area contributed by atoms with Gasteiger partial charge in [0.05, 0.1) is 0 Å². The lowest BCUT2D eigenvalue weighted by atomic mass is 10.1. The first-order valence-corrected chi connectivity index (χ1v) is 7.65. The van der Waals surface area contributed by atoms with Gasteiger partial charge in [0, 0.05) is 12.0 Å². The Morgan fingerprint density at radius 3 is 2.76 bits per heavy atom. The Balaban J connectivity index is 1.46. The third-order valence-corrected chi connectivity index (χ3v) is 3.53. The van der Waals surface area contributed by atoms with Crippen LogP contribution in [-0.2, 0) is 13.0 Å². The number of benzene rings is 2. The first-order valence-electron chi connectivity index (χ1n) is 7.65. The Morgan fingerprint density at radius 1 is 1.04 bits per heavy atom. The largest absolute Gasteiger partial charge is 0.337 e. The van der Waals surface area contributed by atoms with Crippen molar-refractivity contribution < 1.29 is 8.91 Å². The van der Waals surface area contributed by atoms with E-state index in [0.29, 0.717) is 29.5 Å². The van der Waals surface area contributed by atoms with Gasteiger partial charge in [-0.15, -0.1) is 10.2 Å². The fourth-order valence-corrected chi connectivity index (χ4v) is 2.38. The number of aromatic nitrogens is 6. The molecular formula is C17H13FN6O. The Morgan fingerprint density at radius 2 is 1.92 bits per heavy atom. The highest BCUT2D eigenvalue weighted by molar-refractivity contribution is 5.53. The van der Waals surface area contributed by atoms with Crippen LogP contribution in [0.4, 0.5) is 4.39 Å². The zero-order valence-corrected chi connectivity index (χ0v) is 13.1. The van der Waals surface area contributed by atoms with Gasteiger partial charge in [-0.25, -0.2) is 4.39 Å². The fraction of sp³-hybridized carbons (Fsp3) is 0.118. The number of hydrogen-bond acceptors (Lipinski definition) is 6. The summed E-state index contributed by atoms with van der Waals surface area (Å²) in [4.78, 5) is 5.66. The summed E-state index contributed by atoms with van der Waals surface area (Å²) in [6, 6.07) is 15.9. The minimum atomic E-state index is -0.351. The minimum absolute atomic E-state index is 0.199. The van der Waals surface area contributed by atoms with Crippen molar-refractivity contribution in [2.45, 2.75) is 13.0 Å². The van der Waals surface area contributed by atoms with Crippen molar-refractivity contribution in [1.82, 2.24) is 30.3 Å². The van der Waals surface area contributed by atoms with E-state index in [-0.39, 0.29) is 12.4 Å². The van der Waals surface area contributed by atoms with Crippen molar-refractivity contribution in [2.24, 2.45) is 0 Å². The van der Waals surface area contributed by atoms with Gasteiger partial charge < -0.3 is 4.52 Å². The predicted octanol–water partition coefficient (Wildman–Crippen LogP) is 2.50. The summed E-state index contributed by atoms with van der Waals surface area (Å²) in [5.41, 5.74) is 1.66. The molecule has 25 heavy (non-hydrogen) atoms. The molecule has 0 amide bonds. The lowest BCUT2D eigenvalue weighted by Crippen LogP contribution is -2.04. The van der Waals surface area contributed by atoms with E-state index in [1.807, 2.05) is 30.3 Å². The van der Waals surface area contributed by atoms with Crippen LogP contribution in [0.1, 0.15) is 17.3 Å². The highest BCUT2D eigenvalue weighted by Crippen LogP contribution is 2.14. The molecule has 0 saturated carbocycles. The van der Waals surface area contributed by atoms with E-state index in [4.69, 9.17) is 4.52 Å². The van der Waals surface area contributed by atoms with E-state index < -0.39 is 0 Å². The van der Waals surface area contributed by atoms with Crippen LogP contribution in [-0.4, -0.2) is 30.3 Å². The molecule has 0 spiro atoms. The first-order chi connectivity index (χ1) is 12.3. The molecule has 2 aromatic carbocycles. The van der Waals surface area contributed by atoms with Gasteiger partial charge in [-0.2, -0.15) is 9.78 Å². The summed E-state index contributed by atoms with van der Waals surface area (Å²) in [5.74, 6) is 0.959. The highest BCUT2D eigenvalue weighted by Gasteiger charge is 2.11. The fourth-order valence-electron chi connectivity index (χ4n) is 2.38. The molecule has 124 valence electrons. The SMILES string of the molecule is Fc1cccc(-c2nnn(Cc3nc(Cc4ccccc4)no3)n2)c1. The highest BCUT2D eigenvalue weighted by atomic mass is 19.1. The first kappa shape index (κ1) is 15.1. The second-order valence-corrected chi connectivity index (χ2v) is 5.42. The van der Waals surface area contributed by atoms with E-state index in [0.717, 1.165) is 5.56 Å². The average Bonchev–Trinajstić information content (AvgIpc) is 3.26. The van der Waals surface area contributed by atoms with Crippen molar-refractivity contribution in [3.63, 3.8) is 0 Å². The molecule has 0 aliphatic heterocycles. The second-order valence-electron chi connectivity index (χ2n) is 5.42. The van der Waals surface area contributed by atoms with E-state index in [1.54, 1.807) is 12.1 Å². The topological polar surface area (TPSA) is 82.5 Å². The maximum atomic E-state index is 13.3. The standard InChI is InChI=1S/C17H13FN6O/c18-14-8-4-7-13(10-14)17-20-23-24(21-17)11-16-19-15(22-25-16)9-12-5-2-1-3-6-12/h1-8,10H,9,11H2. The van der Waals surface area contributed by atoms with Crippen molar-refractivity contribution in [3.05, 3.63) is 77.7 Å². The van der Waals surface area contributed by atoms with Gasteiger partial charge in [0.25, 0.3) is 0 Å². The zero-order valence-electron chi connectivity index (χ0n) is 13.1. The van der Waals surface area contributed by atoms with Gasteiger partial charge >= 0.3 is 0 Å². The molecule has 2 heterocycles. The minimum Gasteiger partial charge on any atom is -0.337 e. The molecule has 0 bridgehead atoms. The summed E-state index contributed by atoms with van der Waals surface area (Å²) in [6.07, 6.45) is 0.587. The Labute approximate surface area is 142 Å². The third kappa shape index (κ3) is 3.57. The second kappa shape index (κ2) is 6.60. The molecule has 0 atom stereocenters. The van der Waals surface area contributed by atoms with Crippen LogP contribution < -0.4 is 0 Å². The normalized spacial score (nSPS) is 10.9. The molecule has 0 saturated heterocycles. The molecule has 0 N–H and O–H groups in total. The van der Waals surface area contributed by atoms with Gasteiger partial charge in [-0.1, -0.05) is 47.6 Å². The molecule has 2 aromatic heterocycles. The molecule has 0 aliphatic carbocycles. The van der Waals surface area contributed by atoms with Gasteiger partial charge in [0.1, 0.15) is 12.4 Å². The summed E-state index contributed by atoms with van der Waals surface area (Å²) in [6.45, 7) is 0.199. The summed E-state index contributed by atoms with van der Waals surface area (Å²) in [7, 11) is 0. The van der Waals surface area contributed by atoms with E-state index in [1.165, 1.54) is 16.9 Å². The molecule has 0 radical (unpaired) electrons. The zero-order chi connectivity index (χ0) is 17.1. The van der Waals surface area contributed by atoms with Crippen molar-refractivity contribution in [2.75, 3.05) is 0 Å². The van der Waals surface area contributed by atoms with E-state index in [2.05, 4.69) is 25.6 Å². The average molecular weight is 336 g/mol. The molecule has 0 aliphatic rings. The molecule has 7 nitrogen and oxygen atoms in total. The van der Waals surface area contributed by atoms with Crippen LogP contribution in [0.5, 0.6) is 0 Å². The van der Waals surface area contributed by atoms with Gasteiger partial charge in [-0.3, -0.25) is 0 Å². The van der Waals surface area contributed by atoms with Crippen molar-refractivity contribution in [3.8, 4) is 11.4 Å². The van der Waals surface area contributed by atoms with E-state index >= 15 is 0 Å². The number of halogens is 1. The van der Waals surface area contributed by atoms with Gasteiger partial charge in [-0.05, 0) is 22.9 Å².